The molecular weight excluding hydrogens is 405 g/mol. The number of nitrogens with zero attached hydrogens (tertiary/aromatic N) is 3. The van der Waals surface area contributed by atoms with Crippen LogP contribution in [0, 0.1) is 13.8 Å². The molecule has 23 heavy (non-hydrogen) atoms. The Morgan fingerprint density at radius 3 is 2.87 bits per heavy atom. The van der Waals surface area contributed by atoms with Crippen molar-refractivity contribution >= 4 is 29.9 Å². The first-order chi connectivity index (χ1) is 10.5. The lowest BCUT2D eigenvalue weighted by atomic mass is 10.00. The van der Waals surface area contributed by atoms with E-state index in [1.54, 1.807) is 0 Å². The Morgan fingerprint density at radius 1 is 1.52 bits per heavy atom. The van der Waals surface area contributed by atoms with Crippen molar-refractivity contribution in [2.24, 2.45) is 10.7 Å². The molecule has 2 unspecified atom stereocenters. The number of guanidine groups is 1. The summed E-state index contributed by atoms with van der Waals surface area (Å²) in [5.74, 6) is 1.66. The smallest absolute Gasteiger partial charge is 0.188 e. The van der Waals surface area contributed by atoms with Crippen molar-refractivity contribution in [2.45, 2.75) is 52.5 Å². The zero-order valence-corrected chi connectivity index (χ0v) is 17.0. The molecule has 2 heterocycles. The number of rotatable bonds is 6. The molecule has 1 aliphatic heterocycles. The Labute approximate surface area is 156 Å². The lowest BCUT2D eigenvalue weighted by Crippen LogP contribution is -2.42. The van der Waals surface area contributed by atoms with Gasteiger partial charge < -0.3 is 15.6 Å². The third kappa shape index (κ3) is 5.34. The Morgan fingerprint density at radius 2 is 2.26 bits per heavy atom. The van der Waals surface area contributed by atoms with Gasteiger partial charge in [0.15, 0.2) is 5.96 Å². The predicted molar refractivity (Wildman–Crippen MR) is 105 cm³/mol. The number of likely N-dealkylation sites (N-methyl/N-ethyl adjacent to an activating group) is 1. The van der Waals surface area contributed by atoms with Crippen LogP contribution in [0.2, 0.25) is 0 Å². The summed E-state index contributed by atoms with van der Waals surface area (Å²) in [4.78, 5) is 6.96. The molecule has 2 atom stereocenters. The van der Waals surface area contributed by atoms with Gasteiger partial charge in [-0.15, -0.1) is 24.0 Å². The molecule has 0 saturated carbocycles. The fourth-order valence-electron chi connectivity index (χ4n) is 3.34. The van der Waals surface area contributed by atoms with Crippen molar-refractivity contribution in [1.82, 2.24) is 15.4 Å². The number of halogens is 1. The van der Waals surface area contributed by atoms with E-state index < -0.39 is 0 Å². The fourth-order valence-corrected chi connectivity index (χ4v) is 3.34. The normalized spacial score (nSPS) is 20.3. The standard InChI is InChI=1S/C16H29N5O.HI/c1-5-21-8-6-7-14(21)10-19-16(17)18-9-11(2)15-12(3)20-22-13(15)4;/h11,14H,5-10H2,1-4H3,(H3,17,18,19);1H. The topological polar surface area (TPSA) is 79.7 Å². The SMILES string of the molecule is CCN1CCCC1CNC(N)=NCC(C)c1c(C)noc1C.I. The average Bonchev–Trinajstić information content (AvgIpc) is 3.09. The van der Waals surface area contributed by atoms with E-state index in [4.69, 9.17) is 10.3 Å². The highest BCUT2D eigenvalue weighted by Gasteiger charge is 2.22. The van der Waals surface area contributed by atoms with E-state index >= 15 is 0 Å². The molecule has 0 spiro atoms. The maximum Gasteiger partial charge on any atom is 0.188 e. The maximum absolute atomic E-state index is 6.00. The van der Waals surface area contributed by atoms with E-state index in [1.807, 2.05) is 13.8 Å². The van der Waals surface area contributed by atoms with Crippen LogP contribution in [-0.4, -0.2) is 48.2 Å². The molecule has 3 N–H and O–H groups in total. The van der Waals surface area contributed by atoms with Gasteiger partial charge in [-0.25, -0.2) is 0 Å². The number of aromatic nitrogens is 1. The van der Waals surface area contributed by atoms with E-state index in [0.29, 0.717) is 18.5 Å². The van der Waals surface area contributed by atoms with E-state index in [-0.39, 0.29) is 29.9 Å². The number of nitrogens with one attached hydrogen (secondary N) is 1. The number of hydrogen-bond acceptors (Lipinski definition) is 4. The quantitative estimate of drug-likeness (QED) is 0.408. The van der Waals surface area contributed by atoms with Crippen molar-refractivity contribution in [3.8, 4) is 0 Å². The second-order valence-corrected chi connectivity index (χ2v) is 6.17. The lowest BCUT2D eigenvalue weighted by Gasteiger charge is -2.23. The first-order valence-corrected chi connectivity index (χ1v) is 8.23. The molecule has 0 amide bonds. The van der Waals surface area contributed by atoms with Crippen LogP contribution >= 0.6 is 24.0 Å². The fraction of sp³-hybridized carbons (Fsp3) is 0.750. The molecule has 0 aromatic carbocycles. The van der Waals surface area contributed by atoms with E-state index in [0.717, 1.165) is 30.1 Å². The number of nitrogens with two attached hydrogens (primary N) is 1. The first kappa shape index (κ1) is 20.2. The summed E-state index contributed by atoms with van der Waals surface area (Å²) in [7, 11) is 0. The minimum absolute atomic E-state index is 0. The Hall–Kier alpha value is -0.830. The Balaban J connectivity index is 0.00000264. The summed E-state index contributed by atoms with van der Waals surface area (Å²) in [5, 5.41) is 7.26. The molecule has 0 radical (unpaired) electrons. The van der Waals surface area contributed by atoms with Gasteiger partial charge >= 0.3 is 0 Å². The van der Waals surface area contributed by atoms with Crippen LogP contribution in [0.1, 0.15) is 49.6 Å². The molecule has 1 fully saturated rings. The second kappa shape index (κ2) is 9.46. The highest BCUT2D eigenvalue weighted by atomic mass is 127. The number of aliphatic imine (C=N–C) groups is 1. The minimum atomic E-state index is 0. The van der Waals surface area contributed by atoms with E-state index in [9.17, 15) is 0 Å². The Bertz CT molecular complexity index is 497. The largest absolute Gasteiger partial charge is 0.370 e. The van der Waals surface area contributed by atoms with Gasteiger partial charge in [0, 0.05) is 30.6 Å². The molecule has 6 nitrogen and oxygen atoms in total. The molecular formula is C16H30IN5O. The van der Waals surface area contributed by atoms with Gasteiger partial charge in [0.25, 0.3) is 0 Å². The summed E-state index contributed by atoms with van der Waals surface area (Å²) in [6, 6.07) is 0.582. The second-order valence-electron chi connectivity index (χ2n) is 6.17. The van der Waals surface area contributed by atoms with Gasteiger partial charge in [0.05, 0.1) is 5.69 Å². The number of aryl methyl sites for hydroxylation is 2. The Kier molecular flexibility index (Phi) is 8.32. The number of hydrogen-bond donors (Lipinski definition) is 2. The van der Waals surface area contributed by atoms with Crippen LogP contribution in [0.3, 0.4) is 0 Å². The summed E-state index contributed by atoms with van der Waals surface area (Å²) in [6.45, 7) is 12.1. The summed E-state index contributed by atoms with van der Waals surface area (Å²) >= 11 is 0. The molecule has 132 valence electrons. The number of likely N-dealkylation sites (tertiary alicyclic amines) is 1. The monoisotopic (exact) mass is 435 g/mol. The van der Waals surface area contributed by atoms with Crippen LogP contribution in [0.5, 0.6) is 0 Å². The molecule has 2 rings (SSSR count). The van der Waals surface area contributed by atoms with Crippen LogP contribution < -0.4 is 11.1 Å². The van der Waals surface area contributed by atoms with Gasteiger partial charge in [-0.05, 0) is 39.8 Å². The van der Waals surface area contributed by atoms with Crippen LogP contribution in [0.25, 0.3) is 0 Å². The first-order valence-electron chi connectivity index (χ1n) is 8.23. The molecule has 1 aromatic rings. The average molecular weight is 435 g/mol. The molecule has 1 aliphatic rings. The van der Waals surface area contributed by atoms with Gasteiger partial charge in [-0.1, -0.05) is 19.0 Å². The molecule has 0 bridgehead atoms. The predicted octanol–water partition coefficient (Wildman–Crippen LogP) is 2.40. The van der Waals surface area contributed by atoms with Gasteiger partial charge in [-0.2, -0.15) is 0 Å². The van der Waals surface area contributed by atoms with Crippen molar-refractivity contribution in [3.05, 3.63) is 17.0 Å². The minimum Gasteiger partial charge on any atom is -0.370 e. The van der Waals surface area contributed by atoms with Crippen molar-refractivity contribution in [3.63, 3.8) is 0 Å². The summed E-state index contributed by atoms with van der Waals surface area (Å²) in [5.41, 5.74) is 8.08. The van der Waals surface area contributed by atoms with Gasteiger partial charge in [0.1, 0.15) is 5.76 Å². The molecule has 7 heteroatoms. The van der Waals surface area contributed by atoms with E-state index in [1.165, 1.54) is 19.4 Å². The van der Waals surface area contributed by atoms with Crippen LogP contribution in [0.4, 0.5) is 0 Å². The molecule has 0 aliphatic carbocycles. The highest BCUT2D eigenvalue weighted by molar-refractivity contribution is 14.0. The van der Waals surface area contributed by atoms with Crippen molar-refractivity contribution < 1.29 is 4.52 Å². The summed E-state index contributed by atoms with van der Waals surface area (Å²) in [6.07, 6.45) is 2.52. The van der Waals surface area contributed by atoms with Crippen molar-refractivity contribution in [2.75, 3.05) is 26.2 Å². The molecule has 1 aromatic heterocycles. The zero-order valence-electron chi connectivity index (χ0n) is 14.6. The van der Waals surface area contributed by atoms with Crippen LogP contribution in [0.15, 0.2) is 9.52 Å². The zero-order chi connectivity index (χ0) is 16.1. The summed E-state index contributed by atoms with van der Waals surface area (Å²) < 4.78 is 5.21. The van der Waals surface area contributed by atoms with Crippen molar-refractivity contribution in [1.29, 1.82) is 0 Å². The van der Waals surface area contributed by atoms with E-state index in [2.05, 4.69) is 34.2 Å². The van der Waals surface area contributed by atoms with Crippen LogP contribution in [-0.2, 0) is 0 Å². The maximum atomic E-state index is 6.00. The van der Waals surface area contributed by atoms with Gasteiger partial charge in [0.2, 0.25) is 0 Å². The third-order valence-electron chi connectivity index (χ3n) is 4.54. The van der Waals surface area contributed by atoms with Gasteiger partial charge in [-0.3, -0.25) is 9.89 Å². The molecule has 1 saturated heterocycles. The lowest BCUT2D eigenvalue weighted by molar-refractivity contribution is 0.267. The highest BCUT2D eigenvalue weighted by Crippen LogP contribution is 2.23. The third-order valence-corrected chi connectivity index (χ3v) is 4.54.